The highest BCUT2D eigenvalue weighted by Crippen LogP contribution is 2.37. The number of urea groups is 1. The number of nitriles is 1. The van der Waals surface area contributed by atoms with E-state index in [2.05, 4.69) is 26.7 Å². The number of fused-ring (bicyclic) bond motifs is 2. The van der Waals surface area contributed by atoms with Gasteiger partial charge in [0, 0.05) is 86.8 Å². The average Bonchev–Trinajstić information content (AvgIpc) is 4.02. The van der Waals surface area contributed by atoms with Crippen molar-refractivity contribution >= 4 is 57.2 Å². The lowest BCUT2D eigenvalue weighted by atomic mass is 9.90. The molecule has 1 aliphatic carbocycles. The van der Waals surface area contributed by atoms with Crippen LogP contribution in [0.2, 0.25) is 0 Å². The molecule has 4 fully saturated rings. The molecule has 1 atom stereocenters. The van der Waals surface area contributed by atoms with E-state index in [1.165, 1.54) is 22.8 Å². The Labute approximate surface area is 355 Å². The van der Waals surface area contributed by atoms with Crippen molar-refractivity contribution in [3.8, 4) is 6.07 Å². The van der Waals surface area contributed by atoms with Crippen molar-refractivity contribution in [1.29, 1.82) is 5.26 Å². The molecule has 2 aromatic carbocycles. The number of hydrogen-bond acceptors (Lipinski definition) is 10. The van der Waals surface area contributed by atoms with Crippen LogP contribution in [0, 0.1) is 28.9 Å². The molecule has 5 amide bonds. The van der Waals surface area contributed by atoms with Gasteiger partial charge in [-0.25, -0.2) is 18.1 Å². The summed E-state index contributed by atoms with van der Waals surface area (Å²) in [4.78, 5) is 58.0. The van der Waals surface area contributed by atoms with Gasteiger partial charge in [0.1, 0.15) is 17.5 Å². The van der Waals surface area contributed by atoms with Crippen LogP contribution in [0.25, 0.3) is 16.4 Å². The summed E-state index contributed by atoms with van der Waals surface area (Å²) < 4.78 is 33.9. The molecule has 3 saturated heterocycles. The molecular formula is C44H47F2N11O5. The lowest BCUT2D eigenvalue weighted by Crippen LogP contribution is -2.53. The van der Waals surface area contributed by atoms with Crippen molar-refractivity contribution in [1.82, 2.24) is 34.5 Å². The Morgan fingerprint density at radius 3 is 2.35 bits per heavy atom. The molecule has 0 radical (unpaired) electrons. The van der Waals surface area contributed by atoms with Crippen LogP contribution in [0.4, 0.5) is 30.6 Å². The van der Waals surface area contributed by atoms with Crippen LogP contribution in [0.5, 0.6) is 0 Å². The van der Waals surface area contributed by atoms with E-state index in [1.807, 2.05) is 27.9 Å². The van der Waals surface area contributed by atoms with E-state index >= 15 is 8.78 Å². The zero-order valence-corrected chi connectivity index (χ0v) is 34.5. The van der Waals surface area contributed by atoms with Crippen molar-refractivity contribution in [3.63, 3.8) is 0 Å². The van der Waals surface area contributed by atoms with Crippen molar-refractivity contribution in [2.24, 2.45) is 5.92 Å². The van der Waals surface area contributed by atoms with Gasteiger partial charge in [-0.1, -0.05) is 0 Å². The third-order valence-corrected chi connectivity index (χ3v) is 12.8. The van der Waals surface area contributed by atoms with Crippen molar-refractivity contribution in [2.45, 2.75) is 70.1 Å². The van der Waals surface area contributed by atoms with E-state index in [0.717, 1.165) is 49.1 Å². The minimum Gasteiger partial charge on any atom is -0.386 e. The molecule has 3 aliphatic heterocycles. The standard InChI is InChI=1S/C44H47F2N11O5/c1-44(2,62)33-21-36-28(18-37(33)49-41(59)38-8-7-31-17-26(22-47)23-48-57(31)38)25-56(51-36)30-5-3-29(4-6-30)52-13-15-53(16-14-52)42(60)27-9-11-54(24-27)32-19-34(45)40(35(46)20-32)55-12-10-39(58)50-43(55)61/h7-8,17-21,23,25,27,29-30,62H,3-6,9-16,24H2,1-2H3,(H,49,59)(H,50,58,61)/t27-,29?,30?/m1/s1. The number of carbonyl (C=O) groups excluding carboxylic acids is 4. The van der Waals surface area contributed by atoms with E-state index in [9.17, 15) is 29.5 Å². The molecule has 322 valence electrons. The van der Waals surface area contributed by atoms with Crippen LogP contribution in [0.1, 0.15) is 80.0 Å². The molecule has 0 unspecified atom stereocenters. The van der Waals surface area contributed by atoms with Crippen molar-refractivity contribution in [2.75, 3.05) is 60.9 Å². The SMILES string of the molecule is CC(C)(O)c1cc2nn(C3CCC(N4CCN(C(=O)[C@@H]5CCN(c6cc(F)c(N7CCC(=O)NC7=O)c(F)c6)C5)CC4)CC3)cc2cc1NC(=O)c1ccc2cc(C#N)cnn12. The van der Waals surface area contributed by atoms with E-state index in [4.69, 9.17) is 5.10 Å². The number of nitrogens with zero attached hydrogens (tertiary/aromatic N) is 9. The van der Waals surface area contributed by atoms with Gasteiger partial charge in [-0.2, -0.15) is 15.5 Å². The summed E-state index contributed by atoms with van der Waals surface area (Å²) >= 11 is 0. The number of aliphatic hydroxyl groups is 1. The highest BCUT2D eigenvalue weighted by atomic mass is 19.1. The van der Waals surface area contributed by atoms with Gasteiger partial charge >= 0.3 is 6.03 Å². The summed E-state index contributed by atoms with van der Waals surface area (Å²) in [5, 5.41) is 35.5. The van der Waals surface area contributed by atoms with Gasteiger partial charge in [0.25, 0.3) is 5.91 Å². The lowest BCUT2D eigenvalue weighted by molar-refractivity contribution is -0.137. The predicted octanol–water partition coefficient (Wildman–Crippen LogP) is 4.91. The van der Waals surface area contributed by atoms with Gasteiger partial charge in [0.05, 0.1) is 40.4 Å². The first-order chi connectivity index (χ1) is 29.7. The summed E-state index contributed by atoms with van der Waals surface area (Å²) in [6.07, 6.45) is 7.72. The second-order valence-electron chi connectivity index (χ2n) is 17.3. The number of carbonyl (C=O) groups is 4. The Morgan fingerprint density at radius 2 is 1.66 bits per heavy atom. The number of piperazine rings is 1. The van der Waals surface area contributed by atoms with Gasteiger partial charge in [0.15, 0.2) is 11.6 Å². The number of imide groups is 1. The first kappa shape index (κ1) is 40.9. The summed E-state index contributed by atoms with van der Waals surface area (Å²) in [7, 11) is 0. The minimum atomic E-state index is -1.28. The molecule has 6 heterocycles. The van der Waals surface area contributed by atoms with Crippen LogP contribution < -0.4 is 20.4 Å². The lowest BCUT2D eigenvalue weighted by Gasteiger charge is -2.42. The van der Waals surface area contributed by atoms with Crippen LogP contribution in [0.3, 0.4) is 0 Å². The van der Waals surface area contributed by atoms with Crippen molar-refractivity contribution < 1.29 is 33.1 Å². The fourth-order valence-corrected chi connectivity index (χ4v) is 9.53. The van der Waals surface area contributed by atoms with Gasteiger partial charge in [-0.3, -0.25) is 34.2 Å². The molecular weight excluding hydrogens is 801 g/mol. The maximum Gasteiger partial charge on any atom is 0.328 e. The third-order valence-electron chi connectivity index (χ3n) is 12.8. The number of hydrogen-bond donors (Lipinski definition) is 3. The monoisotopic (exact) mass is 847 g/mol. The highest BCUT2D eigenvalue weighted by Gasteiger charge is 2.37. The van der Waals surface area contributed by atoms with Crippen LogP contribution in [0.15, 0.2) is 54.9 Å². The zero-order chi connectivity index (χ0) is 43.4. The number of rotatable bonds is 8. The fourth-order valence-electron chi connectivity index (χ4n) is 9.53. The normalized spacial score (nSPS) is 21.4. The molecule has 0 spiro atoms. The molecule has 5 aromatic rings. The fraction of sp³-hybridized carbons (Fsp3) is 0.432. The van der Waals surface area contributed by atoms with E-state index in [0.29, 0.717) is 72.2 Å². The van der Waals surface area contributed by atoms with Crippen LogP contribution in [-0.2, 0) is 15.2 Å². The van der Waals surface area contributed by atoms with Gasteiger partial charge in [-0.05, 0) is 88.4 Å². The van der Waals surface area contributed by atoms with E-state index in [-0.39, 0.29) is 36.5 Å². The first-order valence-corrected chi connectivity index (χ1v) is 21.1. The number of aromatic nitrogens is 4. The topological polar surface area (TPSA) is 184 Å². The molecule has 1 saturated carbocycles. The summed E-state index contributed by atoms with van der Waals surface area (Å²) in [6.45, 7) is 6.77. The number of benzene rings is 2. The van der Waals surface area contributed by atoms with Gasteiger partial charge < -0.3 is 20.2 Å². The van der Waals surface area contributed by atoms with Crippen LogP contribution >= 0.6 is 0 Å². The summed E-state index contributed by atoms with van der Waals surface area (Å²) in [5.74, 6) is -2.95. The highest BCUT2D eigenvalue weighted by molar-refractivity contribution is 6.06. The van der Waals surface area contributed by atoms with E-state index in [1.54, 1.807) is 36.9 Å². The number of halogens is 2. The second kappa shape index (κ2) is 16.1. The van der Waals surface area contributed by atoms with Gasteiger partial charge in [-0.15, -0.1) is 0 Å². The largest absolute Gasteiger partial charge is 0.386 e. The molecule has 3 aromatic heterocycles. The molecule has 4 aliphatic rings. The summed E-state index contributed by atoms with van der Waals surface area (Å²) in [6, 6.07) is 12.8. The molecule has 62 heavy (non-hydrogen) atoms. The minimum absolute atomic E-state index is 0.0507. The Hall–Kier alpha value is -6.45. The second-order valence-corrected chi connectivity index (χ2v) is 17.3. The zero-order valence-electron chi connectivity index (χ0n) is 34.5. The number of amides is 5. The quantitative estimate of drug-likeness (QED) is 0.194. The molecule has 9 rings (SSSR count). The van der Waals surface area contributed by atoms with E-state index < -0.39 is 40.8 Å². The predicted molar refractivity (Wildman–Crippen MR) is 224 cm³/mol. The summed E-state index contributed by atoms with van der Waals surface area (Å²) in [5.41, 5.74) is 1.54. The smallest absolute Gasteiger partial charge is 0.328 e. The Bertz CT molecular complexity index is 2630. The Morgan fingerprint density at radius 1 is 0.935 bits per heavy atom. The van der Waals surface area contributed by atoms with Gasteiger partial charge in [0.2, 0.25) is 11.8 Å². The van der Waals surface area contributed by atoms with Crippen molar-refractivity contribution in [3.05, 3.63) is 83.3 Å². The Kier molecular flexibility index (Phi) is 10.6. The number of nitrogens with one attached hydrogen (secondary N) is 2. The maximum atomic E-state index is 15.2. The third kappa shape index (κ3) is 7.82. The Balaban J connectivity index is 0.787. The molecule has 3 N–H and O–H groups in total. The molecule has 18 heteroatoms. The average molecular weight is 848 g/mol. The molecule has 16 nitrogen and oxygen atoms in total. The maximum absolute atomic E-state index is 15.2. The number of anilines is 3. The molecule has 0 bridgehead atoms. The first-order valence-electron chi connectivity index (χ1n) is 21.1. The van der Waals surface area contributed by atoms with Crippen LogP contribution in [-0.4, -0.2) is 110 Å².